The quantitative estimate of drug-likeness (QED) is 0.334. The third kappa shape index (κ3) is 2.69. The van der Waals surface area contributed by atoms with E-state index in [1.807, 2.05) is 19.3 Å². The van der Waals surface area contributed by atoms with Crippen molar-refractivity contribution in [3.8, 4) is 0 Å². The van der Waals surface area contributed by atoms with E-state index in [-0.39, 0.29) is 5.92 Å². The zero-order valence-corrected chi connectivity index (χ0v) is 7.51. The molecular formula is C7H14N4O. The van der Waals surface area contributed by atoms with Crippen LogP contribution in [0, 0.1) is 11.4 Å². The second-order valence-corrected chi connectivity index (χ2v) is 2.80. The molecule has 0 aromatic rings. The third-order valence-corrected chi connectivity index (χ3v) is 1.40. The van der Waals surface area contributed by atoms with Crippen LogP contribution in [-0.4, -0.2) is 5.91 Å². The van der Waals surface area contributed by atoms with Gasteiger partial charge in [0.15, 0.2) is 0 Å². The summed E-state index contributed by atoms with van der Waals surface area (Å²) in [6.45, 7) is 5.36. The lowest BCUT2D eigenvalue weighted by molar-refractivity contribution is -0.118. The molecule has 0 spiro atoms. The van der Waals surface area contributed by atoms with Gasteiger partial charge in [0.05, 0.1) is 0 Å². The van der Waals surface area contributed by atoms with Crippen molar-refractivity contribution in [2.24, 2.45) is 16.9 Å². The zero-order valence-electron chi connectivity index (χ0n) is 7.51. The maximum absolute atomic E-state index is 11.2. The summed E-state index contributed by atoms with van der Waals surface area (Å²) in [7, 11) is 0. The predicted octanol–water partition coefficient (Wildman–Crippen LogP) is 0.937. The van der Waals surface area contributed by atoms with E-state index >= 15 is 0 Å². The van der Waals surface area contributed by atoms with Gasteiger partial charge in [0, 0.05) is 11.3 Å². The largest absolute Gasteiger partial charge is 0.402 e. The smallest absolute Gasteiger partial charge is 0.270 e. The van der Waals surface area contributed by atoms with Gasteiger partial charge in [-0.3, -0.25) is 4.79 Å². The van der Waals surface area contributed by atoms with Crippen LogP contribution in [0.4, 0.5) is 0 Å². The molecule has 0 aliphatic heterocycles. The third-order valence-electron chi connectivity index (χ3n) is 1.40. The van der Waals surface area contributed by atoms with Gasteiger partial charge in [0.25, 0.3) is 5.91 Å². The number of nitrogens with zero attached hydrogens (tertiary/aromatic N) is 1. The fraction of sp³-hybridized carbons (Fsp3) is 0.571. The lowest BCUT2D eigenvalue weighted by Crippen LogP contribution is -2.24. The molecule has 1 amide bonds. The van der Waals surface area contributed by atoms with Crippen molar-refractivity contribution < 1.29 is 4.79 Å². The van der Waals surface area contributed by atoms with Crippen molar-refractivity contribution in [1.82, 2.24) is 5.43 Å². The zero-order chi connectivity index (χ0) is 9.72. The molecule has 0 fully saturated rings. The van der Waals surface area contributed by atoms with Crippen LogP contribution in [0.2, 0.25) is 0 Å². The Morgan fingerprint density at radius 1 is 1.58 bits per heavy atom. The Hall–Kier alpha value is -1.39. The van der Waals surface area contributed by atoms with Crippen LogP contribution in [0.1, 0.15) is 20.8 Å². The summed E-state index contributed by atoms with van der Waals surface area (Å²) < 4.78 is 0. The molecule has 0 atom stereocenters. The fourth-order valence-corrected chi connectivity index (χ4v) is 1.01. The number of hydrogen-bond donors (Lipinski definition) is 3. The fourth-order valence-electron chi connectivity index (χ4n) is 1.01. The first-order valence-corrected chi connectivity index (χ1v) is 3.63. The SMILES string of the molecule is C/C(N)=C(/C(=O)NN=N)C(C)C. The van der Waals surface area contributed by atoms with Crippen LogP contribution in [0.5, 0.6) is 0 Å². The minimum atomic E-state index is -0.403. The van der Waals surface area contributed by atoms with Crippen molar-refractivity contribution in [1.29, 1.82) is 5.53 Å². The Kier molecular flexibility index (Phi) is 3.96. The van der Waals surface area contributed by atoms with E-state index in [2.05, 4.69) is 5.22 Å². The highest BCUT2D eigenvalue weighted by Gasteiger charge is 2.14. The number of amides is 1. The van der Waals surface area contributed by atoms with Gasteiger partial charge in [-0.25, -0.2) is 5.43 Å². The summed E-state index contributed by atoms with van der Waals surface area (Å²) in [4.78, 5) is 11.2. The van der Waals surface area contributed by atoms with E-state index in [1.165, 1.54) is 0 Å². The lowest BCUT2D eigenvalue weighted by Gasteiger charge is -2.10. The Bertz CT molecular complexity index is 215. The van der Waals surface area contributed by atoms with Crippen molar-refractivity contribution in [3.05, 3.63) is 11.3 Å². The highest BCUT2D eigenvalue weighted by Crippen LogP contribution is 2.11. The summed E-state index contributed by atoms with van der Waals surface area (Å²) in [6.07, 6.45) is 0. The molecule has 0 aromatic heterocycles. The highest BCUT2D eigenvalue weighted by molar-refractivity contribution is 5.94. The molecule has 5 nitrogen and oxygen atoms in total. The number of carbonyl (C=O) groups is 1. The molecule has 0 radical (unpaired) electrons. The molecule has 0 rings (SSSR count). The van der Waals surface area contributed by atoms with Gasteiger partial charge in [-0.05, 0) is 12.8 Å². The monoisotopic (exact) mass is 170 g/mol. The van der Waals surface area contributed by atoms with Crippen LogP contribution < -0.4 is 11.2 Å². The summed E-state index contributed by atoms with van der Waals surface area (Å²) in [5.74, 6) is -0.364. The van der Waals surface area contributed by atoms with Crippen LogP contribution in [-0.2, 0) is 4.79 Å². The van der Waals surface area contributed by atoms with Crippen molar-refractivity contribution >= 4 is 5.91 Å². The molecular weight excluding hydrogens is 156 g/mol. The van der Waals surface area contributed by atoms with Crippen LogP contribution in [0.15, 0.2) is 16.5 Å². The Labute approximate surface area is 71.5 Å². The Morgan fingerprint density at radius 2 is 2.08 bits per heavy atom. The Morgan fingerprint density at radius 3 is 2.33 bits per heavy atom. The number of hydrogen-bond acceptors (Lipinski definition) is 4. The lowest BCUT2D eigenvalue weighted by atomic mass is 10.0. The number of allylic oxidation sites excluding steroid dienone is 1. The van der Waals surface area contributed by atoms with E-state index in [0.717, 1.165) is 0 Å². The minimum absolute atomic E-state index is 0.0387. The molecule has 68 valence electrons. The molecule has 0 saturated heterocycles. The summed E-state index contributed by atoms with van der Waals surface area (Å²) in [6, 6.07) is 0. The molecule has 0 aliphatic carbocycles. The first-order valence-electron chi connectivity index (χ1n) is 3.63. The van der Waals surface area contributed by atoms with Crippen molar-refractivity contribution in [2.75, 3.05) is 0 Å². The van der Waals surface area contributed by atoms with E-state index in [4.69, 9.17) is 11.3 Å². The molecule has 0 saturated carbocycles. The van der Waals surface area contributed by atoms with Crippen LogP contribution in [0.3, 0.4) is 0 Å². The second kappa shape index (κ2) is 4.48. The van der Waals surface area contributed by atoms with E-state index < -0.39 is 5.91 Å². The number of rotatable bonds is 3. The first-order chi connectivity index (χ1) is 5.50. The van der Waals surface area contributed by atoms with Crippen molar-refractivity contribution in [2.45, 2.75) is 20.8 Å². The Balaban J connectivity index is 4.66. The van der Waals surface area contributed by atoms with E-state index in [9.17, 15) is 4.79 Å². The molecule has 0 heterocycles. The van der Waals surface area contributed by atoms with E-state index in [0.29, 0.717) is 11.3 Å². The maximum atomic E-state index is 11.2. The van der Waals surface area contributed by atoms with Gasteiger partial charge in [-0.15, -0.1) is 0 Å². The molecule has 0 aliphatic rings. The van der Waals surface area contributed by atoms with Gasteiger partial charge in [-0.1, -0.05) is 19.1 Å². The normalized spacial score (nSPS) is 12.3. The summed E-state index contributed by atoms with van der Waals surface area (Å²) in [5.41, 5.74) is 14.9. The molecule has 0 bridgehead atoms. The maximum Gasteiger partial charge on any atom is 0.270 e. The topological polar surface area (TPSA) is 91.3 Å². The van der Waals surface area contributed by atoms with Crippen molar-refractivity contribution in [3.63, 3.8) is 0 Å². The van der Waals surface area contributed by atoms with Gasteiger partial charge in [0.1, 0.15) is 0 Å². The number of carbonyl (C=O) groups excluding carboxylic acids is 1. The van der Waals surface area contributed by atoms with Gasteiger partial charge < -0.3 is 5.73 Å². The van der Waals surface area contributed by atoms with E-state index in [1.54, 1.807) is 6.92 Å². The minimum Gasteiger partial charge on any atom is -0.402 e. The molecule has 0 aromatic carbocycles. The second-order valence-electron chi connectivity index (χ2n) is 2.80. The van der Waals surface area contributed by atoms with Crippen LogP contribution >= 0.6 is 0 Å². The molecule has 4 N–H and O–H groups in total. The molecule has 5 heteroatoms. The number of nitrogens with two attached hydrogens (primary N) is 1. The predicted molar refractivity (Wildman–Crippen MR) is 45.0 cm³/mol. The summed E-state index contributed by atoms with van der Waals surface area (Å²) in [5, 5.41) is 2.78. The first kappa shape index (κ1) is 10.6. The van der Waals surface area contributed by atoms with Gasteiger partial charge >= 0.3 is 0 Å². The molecule has 12 heavy (non-hydrogen) atoms. The highest BCUT2D eigenvalue weighted by atomic mass is 16.2. The van der Waals surface area contributed by atoms with Crippen LogP contribution in [0.25, 0.3) is 0 Å². The average Bonchev–Trinajstić information content (AvgIpc) is 1.85. The van der Waals surface area contributed by atoms with Gasteiger partial charge in [0.2, 0.25) is 0 Å². The number of nitrogens with one attached hydrogen (secondary N) is 2. The molecule has 0 unspecified atom stereocenters. The average molecular weight is 170 g/mol. The standard InChI is InChI=1S/C7H14N4O/c1-4(2)6(5(3)8)7(12)10-11-9/h4H,8H2,1-3H3,(H2,9,10,12)/b6-5-. The van der Waals surface area contributed by atoms with Gasteiger partial charge in [-0.2, -0.15) is 5.53 Å². The summed E-state index contributed by atoms with van der Waals surface area (Å²) >= 11 is 0.